The maximum atomic E-state index is 2.55. The largest absolute Gasteiger partial charge is 0.310 e. The highest BCUT2D eigenvalue weighted by Crippen LogP contribution is 2.63. The molecule has 0 saturated heterocycles. The van der Waals surface area contributed by atoms with E-state index in [2.05, 4.69) is 264 Å². The molecule has 2 aliphatic carbocycles. The zero-order chi connectivity index (χ0) is 45.9. The summed E-state index contributed by atoms with van der Waals surface area (Å²) in [6, 6.07) is 95.2. The van der Waals surface area contributed by atoms with Crippen molar-refractivity contribution in [2.75, 3.05) is 4.90 Å². The monoisotopic (exact) mass is 906 g/mol. The van der Waals surface area contributed by atoms with Gasteiger partial charge in [0, 0.05) is 53.7 Å². The van der Waals surface area contributed by atoms with Crippen LogP contribution in [0.5, 0.6) is 0 Å². The number of aromatic nitrogens is 1. The van der Waals surface area contributed by atoms with Crippen molar-refractivity contribution in [3.63, 3.8) is 0 Å². The first-order chi connectivity index (χ1) is 34.7. The Morgan fingerprint density at radius 2 is 0.829 bits per heavy atom. The molecule has 0 aliphatic heterocycles. The van der Waals surface area contributed by atoms with Gasteiger partial charge in [-0.15, -0.1) is 11.3 Å². The average Bonchev–Trinajstić information content (AvgIpc) is 4.04. The van der Waals surface area contributed by atoms with Gasteiger partial charge in [-0.1, -0.05) is 176 Å². The summed E-state index contributed by atoms with van der Waals surface area (Å²) in [5.74, 6) is 0. The Hall–Kier alpha value is -8.76. The number of fused-ring (bicyclic) bond motifs is 18. The van der Waals surface area contributed by atoms with Gasteiger partial charge in [-0.3, -0.25) is 0 Å². The fourth-order valence-electron chi connectivity index (χ4n) is 12.3. The second-order valence-corrected chi connectivity index (χ2v) is 19.8. The van der Waals surface area contributed by atoms with E-state index in [1.165, 1.54) is 109 Å². The molecule has 2 nitrogen and oxygen atoms in total. The highest BCUT2D eigenvalue weighted by Gasteiger charge is 2.50. The van der Waals surface area contributed by atoms with Crippen molar-refractivity contribution in [2.45, 2.75) is 5.41 Å². The van der Waals surface area contributed by atoms with Gasteiger partial charge in [-0.25, -0.2) is 0 Å². The second kappa shape index (κ2) is 15.1. The topological polar surface area (TPSA) is 8.17 Å². The number of nitrogens with zero attached hydrogens (tertiary/aromatic N) is 2. The van der Waals surface area contributed by atoms with Crippen molar-refractivity contribution in [2.24, 2.45) is 0 Å². The Morgan fingerprint density at radius 3 is 1.59 bits per heavy atom. The van der Waals surface area contributed by atoms with Gasteiger partial charge in [0.2, 0.25) is 0 Å². The predicted octanol–water partition coefficient (Wildman–Crippen LogP) is 18.3. The van der Waals surface area contributed by atoms with Crippen molar-refractivity contribution >= 4 is 70.4 Å². The SMILES string of the molecule is c1ccc(-c2ccc(N(c3ccc4c(c3)C3(c5ccccc5-c5ccccc5-4)c4ccccc4-c4cc5c(cc43)sc3ccccc35)c3ccc4c(c3)c3ccccc3n4-c3ccccc3)cc2)cc1. The summed E-state index contributed by atoms with van der Waals surface area (Å²) in [5.41, 5.74) is 21.4. The number of hydrogen-bond acceptors (Lipinski definition) is 2. The highest BCUT2D eigenvalue weighted by atomic mass is 32.1. The minimum absolute atomic E-state index is 0.646. The van der Waals surface area contributed by atoms with Crippen LogP contribution in [0.1, 0.15) is 22.3 Å². The Labute approximate surface area is 410 Å². The molecule has 13 aromatic rings. The zero-order valence-corrected chi connectivity index (χ0v) is 38.9. The van der Waals surface area contributed by atoms with E-state index in [4.69, 9.17) is 0 Å². The van der Waals surface area contributed by atoms with Gasteiger partial charge in [0.25, 0.3) is 0 Å². The van der Waals surface area contributed by atoms with Gasteiger partial charge in [0.15, 0.2) is 0 Å². The first-order valence-corrected chi connectivity index (χ1v) is 25.0. The van der Waals surface area contributed by atoms with Crippen molar-refractivity contribution in [1.82, 2.24) is 4.57 Å². The third kappa shape index (κ3) is 5.55. The fourth-order valence-corrected chi connectivity index (χ4v) is 13.4. The van der Waals surface area contributed by atoms with E-state index in [-0.39, 0.29) is 0 Å². The summed E-state index contributed by atoms with van der Waals surface area (Å²) >= 11 is 1.90. The van der Waals surface area contributed by atoms with E-state index >= 15 is 0 Å². The summed E-state index contributed by atoms with van der Waals surface area (Å²) < 4.78 is 5.03. The normalized spacial score (nSPS) is 14.3. The van der Waals surface area contributed by atoms with Crippen LogP contribution in [-0.4, -0.2) is 4.57 Å². The predicted molar refractivity (Wildman–Crippen MR) is 296 cm³/mol. The molecule has 2 aliphatic rings. The van der Waals surface area contributed by atoms with Gasteiger partial charge in [-0.2, -0.15) is 0 Å². The van der Waals surface area contributed by atoms with Crippen LogP contribution in [0.4, 0.5) is 17.1 Å². The van der Waals surface area contributed by atoms with E-state index in [0.717, 1.165) is 22.7 Å². The van der Waals surface area contributed by atoms with E-state index in [9.17, 15) is 0 Å². The highest BCUT2D eigenvalue weighted by molar-refractivity contribution is 7.25. The van der Waals surface area contributed by atoms with Crippen molar-refractivity contribution in [1.29, 1.82) is 0 Å². The lowest BCUT2D eigenvalue weighted by molar-refractivity contribution is 0.776. The number of thiophene rings is 1. The summed E-state index contributed by atoms with van der Waals surface area (Å²) in [6.07, 6.45) is 0. The Balaban J connectivity index is 1.04. The van der Waals surface area contributed by atoms with Gasteiger partial charge in [0.05, 0.1) is 16.4 Å². The molecule has 1 atom stereocenters. The third-order valence-corrected chi connectivity index (χ3v) is 16.3. The standard InChI is InChI=1S/C67H42N2S/c1-3-17-43(18-4-1)44-31-33-46(34-32-44)68(47-36-38-64-57(39-47)54-25-11-15-29-63(54)69(64)45-19-5-2-6-20-45)48-35-37-53-50-22-8-7-21-49(50)51-23-9-13-27-59(51)67(61(53)40-48)60-28-14-10-24-52(60)56-41-58-55-26-12-16-30-65(55)70-66(58)42-62(56)67/h1-42H. The molecule has 3 heteroatoms. The lowest BCUT2D eigenvalue weighted by Crippen LogP contribution is -2.29. The van der Waals surface area contributed by atoms with Crippen molar-refractivity contribution in [3.8, 4) is 50.2 Å². The van der Waals surface area contributed by atoms with Gasteiger partial charge >= 0.3 is 0 Å². The molecule has 1 unspecified atom stereocenters. The van der Waals surface area contributed by atoms with Crippen LogP contribution < -0.4 is 4.90 Å². The van der Waals surface area contributed by atoms with Crippen LogP contribution in [0.25, 0.3) is 92.2 Å². The molecule has 11 aromatic carbocycles. The molecule has 326 valence electrons. The first-order valence-electron chi connectivity index (χ1n) is 24.2. The Morgan fingerprint density at radius 1 is 0.300 bits per heavy atom. The zero-order valence-electron chi connectivity index (χ0n) is 38.1. The first kappa shape index (κ1) is 39.3. The summed E-state index contributed by atoms with van der Waals surface area (Å²) in [6.45, 7) is 0. The number of para-hydroxylation sites is 2. The van der Waals surface area contributed by atoms with Crippen LogP contribution in [0.15, 0.2) is 255 Å². The molecule has 2 heterocycles. The third-order valence-electron chi connectivity index (χ3n) is 15.2. The molecule has 0 bridgehead atoms. The van der Waals surface area contributed by atoms with Crippen molar-refractivity contribution in [3.05, 3.63) is 277 Å². The van der Waals surface area contributed by atoms with Crippen LogP contribution >= 0.6 is 11.3 Å². The molecule has 1 spiro atoms. The number of rotatable bonds is 5. The second-order valence-electron chi connectivity index (χ2n) is 18.7. The Bertz CT molecular complexity index is 4240. The van der Waals surface area contributed by atoms with E-state index in [0.29, 0.717) is 0 Å². The van der Waals surface area contributed by atoms with E-state index < -0.39 is 5.41 Å². The molecule has 0 N–H and O–H groups in total. The number of benzene rings is 11. The molecule has 0 radical (unpaired) electrons. The molecule has 2 aromatic heterocycles. The maximum Gasteiger partial charge on any atom is 0.0726 e. The quantitative estimate of drug-likeness (QED) is 0.167. The van der Waals surface area contributed by atoms with Gasteiger partial charge < -0.3 is 9.47 Å². The number of hydrogen-bond donors (Lipinski definition) is 0. The minimum atomic E-state index is -0.646. The molecular formula is C67H42N2S. The molecule has 15 rings (SSSR count). The lowest BCUT2D eigenvalue weighted by Gasteiger charge is -2.36. The molecular weight excluding hydrogens is 865 g/mol. The van der Waals surface area contributed by atoms with E-state index in [1.807, 2.05) is 11.3 Å². The van der Waals surface area contributed by atoms with Crippen LogP contribution in [0, 0.1) is 0 Å². The smallest absolute Gasteiger partial charge is 0.0726 e. The minimum Gasteiger partial charge on any atom is -0.310 e. The van der Waals surface area contributed by atoms with Crippen LogP contribution in [0.3, 0.4) is 0 Å². The van der Waals surface area contributed by atoms with Crippen LogP contribution in [-0.2, 0) is 5.41 Å². The van der Waals surface area contributed by atoms with Crippen LogP contribution in [0.2, 0.25) is 0 Å². The summed E-state index contributed by atoms with van der Waals surface area (Å²) in [7, 11) is 0. The molecule has 0 amide bonds. The van der Waals surface area contributed by atoms with Gasteiger partial charge in [0.1, 0.15) is 0 Å². The van der Waals surface area contributed by atoms with E-state index in [1.54, 1.807) is 0 Å². The lowest BCUT2D eigenvalue weighted by atomic mass is 9.65. The van der Waals surface area contributed by atoms with Gasteiger partial charge in [-0.05, 0) is 146 Å². The summed E-state index contributed by atoms with van der Waals surface area (Å²) in [4.78, 5) is 2.48. The molecule has 70 heavy (non-hydrogen) atoms. The Kier molecular flexibility index (Phi) is 8.48. The number of anilines is 3. The van der Waals surface area contributed by atoms with Crippen molar-refractivity contribution < 1.29 is 0 Å². The average molecular weight is 907 g/mol. The fraction of sp³-hybridized carbons (Fsp3) is 0.0149. The molecule has 0 saturated carbocycles. The maximum absolute atomic E-state index is 2.55. The molecule has 0 fully saturated rings. The summed E-state index contributed by atoms with van der Waals surface area (Å²) in [5, 5.41) is 5.07.